The number of benzene rings is 1. The first-order chi connectivity index (χ1) is 14.6. The lowest BCUT2D eigenvalue weighted by atomic mass is 10.0. The number of nitrogens with zero attached hydrogens (tertiary/aromatic N) is 5. The van der Waals surface area contributed by atoms with Crippen LogP contribution in [-0.2, 0) is 17.1 Å². The molecule has 0 amide bonds. The van der Waals surface area contributed by atoms with E-state index in [1.165, 1.54) is 34.6 Å². The molecule has 0 atom stereocenters. The van der Waals surface area contributed by atoms with Crippen molar-refractivity contribution < 1.29 is 26.3 Å². The minimum atomic E-state index is -4.78. The Labute approximate surface area is 176 Å². The molecular weight excluding hydrogens is 435 g/mol. The van der Waals surface area contributed by atoms with E-state index in [4.69, 9.17) is 0 Å². The number of hydrogen-bond acceptors (Lipinski definition) is 6. The van der Waals surface area contributed by atoms with Crippen LogP contribution < -0.4 is 4.74 Å². The van der Waals surface area contributed by atoms with Gasteiger partial charge in [0.25, 0.3) is 0 Å². The lowest BCUT2D eigenvalue weighted by Crippen LogP contribution is -2.48. The van der Waals surface area contributed by atoms with Gasteiger partial charge in [0.05, 0.1) is 6.33 Å². The van der Waals surface area contributed by atoms with Gasteiger partial charge in [-0.1, -0.05) is 6.08 Å². The lowest BCUT2D eigenvalue weighted by Gasteiger charge is -2.36. The quantitative estimate of drug-likeness (QED) is 0.590. The van der Waals surface area contributed by atoms with Crippen LogP contribution in [0, 0.1) is 0 Å². The number of aromatic nitrogens is 4. The van der Waals surface area contributed by atoms with E-state index in [0.717, 1.165) is 5.41 Å². The van der Waals surface area contributed by atoms with Gasteiger partial charge in [-0.15, -0.1) is 13.2 Å². The van der Waals surface area contributed by atoms with E-state index in [1.54, 1.807) is 24.9 Å². The summed E-state index contributed by atoms with van der Waals surface area (Å²) in [5.41, 5.74) is 2.03. The standard InChI is InChI=1S/C19H18F3N5O3S/c1-3-8-31(28,29)27-9-13(10-27)17-24-15(16-18(25-17)26(2)11-23-16)12-4-6-14(7-5-12)30-19(20,21)22/h3-8,11,13H,9-10H2,1-2H3. The van der Waals surface area contributed by atoms with Gasteiger partial charge < -0.3 is 9.30 Å². The van der Waals surface area contributed by atoms with Gasteiger partial charge in [-0.05, 0) is 31.2 Å². The molecule has 0 radical (unpaired) electrons. The lowest BCUT2D eigenvalue weighted by molar-refractivity contribution is -0.274. The Morgan fingerprint density at radius 1 is 1.16 bits per heavy atom. The Hall–Kier alpha value is -2.99. The Kier molecular flexibility index (Phi) is 5.21. The second-order valence-corrected chi connectivity index (χ2v) is 8.88. The van der Waals surface area contributed by atoms with Crippen molar-refractivity contribution in [2.45, 2.75) is 19.2 Å². The first kappa shape index (κ1) is 21.2. The molecule has 8 nitrogen and oxygen atoms in total. The van der Waals surface area contributed by atoms with Gasteiger partial charge in [0.2, 0.25) is 10.0 Å². The summed E-state index contributed by atoms with van der Waals surface area (Å²) in [7, 11) is -1.70. The highest BCUT2D eigenvalue weighted by Crippen LogP contribution is 2.33. The molecule has 1 saturated heterocycles. The number of hydrogen-bond donors (Lipinski definition) is 0. The molecule has 0 spiro atoms. The van der Waals surface area contributed by atoms with Gasteiger partial charge in [0, 0.05) is 37.0 Å². The number of ether oxygens (including phenoxy) is 1. The summed E-state index contributed by atoms with van der Waals surface area (Å²) in [6, 6.07) is 5.33. The number of rotatable bonds is 5. The van der Waals surface area contributed by atoms with E-state index in [-0.39, 0.29) is 24.8 Å². The van der Waals surface area contributed by atoms with E-state index in [1.807, 2.05) is 0 Å². The first-order valence-corrected chi connectivity index (χ1v) is 10.8. The van der Waals surface area contributed by atoms with Crippen LogP contribution in [0.4, 0.5) is 13.2 Å². The van der Waals surface area contributed by atoms with E-state index in [2.05, 4.69) is 19.7 Å². The Morgan fingerprint density at radius 2 is 1.84 bits per heavy atom. The maximum absolute atomic E-state index is 12.4. The molecule has 12 heteroatoms. The van der Waals surface area contributed by atoms with E-state index in [0.29, 0.717) is 28.2 Å². The van der Waals surface area contributed by atoms with Crippen LogP contribution in [0.2, 0.25) is 0 Å². The number of fused-ring (bicyclic) bond motifs is 1. The van der Waals surface area contributed by atoms with Crippen molar-refractivity contribution >= 4 is 21.2 Å². The molecule has 1 aliphatic heterocycles. The summed E-state index contributed by atoms with van der Waals surface area (Å²) in [5.74, 6) is -0.0915. The molecule has 3 heterocycles. The fraction of sp³-hybridized carbons (Fsp3) is 0.316. The molecule has 2 aromatic heterocycles. The molecule has 4 rings (SSSR count). The van der Waals surface area contributed by atoms with Crippen molar-refractivity contribution in [1.82, 2.24) is 23.8 Å². The molecule has 1 aromatic carbocycles. The summed E-state index contributed by atoms with van der Waals surface area (Å²) in [5, 5.41) is 1.14. The smallest absolute Gasteiger partial charge is 0.406 e. The van der Waals surface area contributed by atoms with Gasteiger partial charge in [0.15, 0.2) is 5.65 Å². The molecular formula is C19H18F3N5O3S. The van der Waals surface area contributed by atoms with Crippen molar-refractivity contribution in [3.05, 3.63) is 47.9 Å². The largest absolute Gasteiger partial charge is 0.573 e. The van der Waals surface area contributed by atoms with Gasteiger partial charge in [0.1, 0.15) is 22.8 Å². The fourth-order valence-electron chi connectivity index (χ4n) is 3.29. The van der Waals surface area contributed by atoms with Gasteiger partial charge in [-0.25, -0.2) is 23.4 Å². The normalized spacial score (nSPS) is 16.2. The van der Waals surface area contributed by atoms with Crippen LogP contribution in [0.15, 0.2) is 42.1 Å². The highest BCUT2D eigenvalue weighted by atomic mass is 32.2. The summed E-state index contributed by atoms with van der Waals surface area (Å²) < 4.78 is 68.5. The van der Waals surface area contributed by atoms with E-state index < -0.39 is 16.4 Å². The second kappa shape index (κ2) is 7.61. The van der Waals surface area contributed by atoms with Crippen LogP contribution >= 0.6 is 0 Å². The molecule has 31 heavy (non-hydrogen) atoms. The third-order valence-electron chi connectivity index (χ3n) is 4.82. The molecule has 164 valence electrons. The maximum Gasteiger partial charge on any atom is 0.573 e. The number of alkyl halides is 3. The summed E-state index contributed by atoms with van der Waals surface area (Å²) in [4.78, 5) is 13.4. The summed E-state index contributed by atoms with van der Waals surface area (Å²) >= 11 is 0. The number of aryl methyl sites for hydroxylation is 1. The Balaban J connectivity index is 1.67. The summed E-state index contributed by atoms with van der Waals surface area (Å²) in [6.45, 7) is 2.12. The topological polar surface area (TPSA) is 90.2 Å². The van der Waals surface area contributed by atoms with Gasteiger partial charge >= 0.3 is 6.36 Å². The SMILES string of the molecule is CC=CS(=O)(=O)N1CC(c2nc(-c3ccc(OC(F)(F)F)cc3)c3ncn(C)c3n2)C1. The highest BCUT2D eigenvalue weighted by Gasteiger charge is 2.37. The number of imidazole rings is 1. The molecule has 1 aliphatic rings. The average Bonchev–Trinajstić information content (AvgIpc) is 3.00. The predicted molar refractivity (Wildman–Crippen MR) is 106 cm³/mol. The monoisotopic (exact) mass is 453 g/mol. The zero-order valence-electron chi connectivity index (χ0n) is 16.5. The molecule has 1 fully saturated rings. The Morgan fingerprint density at radius 3 is 2.45 bits per heavy atom. The molecule has 3 aromatic rings. The van der Waals surface area contributed by atoms with E-state index in [9.17, 15) is 21.6 Å². The second-order valence-electron chi connectivity index (χ2n) is 7.06. The van der Waals surface area contributed by atoms with Crippen LogP contribution in [0.1, 0.15) is 18.7 Å². The van der Waals surface area contributed by atoms with Crippen LogP contribution in [0.25, 0.3) is 22.4 Å². The molecule has 0 bridgehead atoms. The van der Waals surface area contributed by atoms with Crippen molar-refractivity contribution in [3.63, 3.8) is 0 Å². The van der Waals surface area contributed by atoms with Gasteiger partial charge in [-0.2, -0.15) is 4.31 Å². The highest BCUT2D eigenvalue weighted by molar-refractivity contribution is 7.92. The minimum absolute atomic E-state index is 0.203. The number of sulfonamides is 1. The number of allylic oxidation sites excluding steroid dienone is 1. The third-order valence-corrected chi connectivity index (χ3v) is 6.45. The predicted octanol–water partition coefficient (Wildman–Crippen LogP) is 3.19. The molecule has 0 unspecified atom stereocenters. The number of halogens is 3. The average molecular weight is 453 g/mol. The fourth-order valence-corrected chi connectivity index (χ4v) is 4.58. The van der Waals surface area contributed by atoms with Crippen LogP contribution in [-0.4, -0.2) is 51.7 Å². The summed E-state index contributed by atoms with van der Waals surface area (Å²) in [6.07, 6.45) is -1.75. The van der Waals surface area contributed by atoms with Crippen molar-refractivity contribution in [1.29, 1.82) is 0 Å². The first-order valence-electron chi connectivity index (χ1n) is 9.25. The maximum atomic E-state index is 12.4. The van der Waals surface area contributed by atoms with Crippen molar-refractivity contribution in [2.24, 2.45) is 7.05 Å². The van der Waals surface area contributed by atoms with Crippen molar-refractivity contribution in [2.75, 3.05) is 13.1 Å². The zero-order valence-corrected chi connectivity index (χ0v) is 17.4. The zero-order chi connectivity index (χ0) is 22.4. The molecule has 0 N–H and O–H groups in total. The minimum Gasteiger partial charge on any atom is -0.406 e. The van der Waals surface area contributed by atoms with Crippen molar-refractivity contribution in [3.8, 4) is 17.0 Å². The van der Waals surface area contributed by atoms with Crippen LogP contribution in [0.5, 0.6) is 5.75 Å². The molecule has 0 aliphatic carbocycles. The van der Waals surface area contributed by atoms with Crippen LogP contribution in [0.3, 0.4) is 0 Å². The Bertz CT molecular complexity index is 1250. The third kappa shape index (κ3) is 4.26. The molecule has 0 saturated carbocycles. The van der Waals surface area contributed by atoms with E-state index >= 15 is 0 Å². The van der Waals surface area contributed by atoms with Gasteiger partial charge in [-0.3, -0.25) is 0 Å².